The van der Waals surface area contributed by atoms with Gasteiger partial charge < -0.3 is 14.1 Å². The fourth-order valence-electron chi connectivity index (χ4n) is 5.16. The average Bonchev–Trinajstić information content (AvgIpc) is 3.77. The molecule has 1 saturated carbocycles. The van der Waals surface area contributed by atoms with Crippen LogP contribution in [-0.4, -0.2) is 58.6 Å². The first-order chi connectivity index (χ1) is 20.6. The molecule has 3 aromatic heterocycles. The van der Waals surface area contributed by atoms with Crippen LogP contribution < -0.4 is 4.74 Å². The van der Waals surface area contributed by atoms with Crippen LogP contribution in [0.5, 0.6) is 5.75 Å². The molecule has 0 saturated heterocycles. The molecule has 6 rings (SSSR count). The lowest BCUT2D eigenvalue weighted by molar-refractivity contribution is 0.0666. The standard InChI is InChI=1S/C34H41N5O3Si/c1-34(2,3)43(4,5)42-21-20-38-18-19-39-32(33(38)40)30(31(37-39)27-14-16-35-17-15-27)26-9-11-28(12-10-26)41-23-24-6-13-29(36-22-24)25-7-8-25/h6,9-17,22,25H,7-8,18-21,23H2,1-5H3. The predicted molar refractivity (Wildman–Crippen MR) is 170 cm³/mol. The van der Waals surface area contributed by atoms with Gasteiger partial charge >= 0.3 is 0 Å². The fourth-order valence-corrected chi connectivity index (χ4v) is 6.19. The number of amides is 1. The van der Waals surface area contributed by atoms with Gasteiger partial charge in [-0.2, -0.15) is 5.10 Å². The van der Waals surface area contributed by atoms with E-state index in [1.54, 1.807) is 12.4 Å². The Labute approximate surface area is 255 Å². The van der Waals surface area contributed by atoms with Gasteiger partial charge in [0, 0.05) is 60.0 Å². The Morgan fingerprint density at radius 2 is 1.70 bits per heavy atom. The topological polar surface area (TPSA) is 82.4 Å². The van der Waals surface area contributed by atoms with Crippen molar-refractivity contribution < 1.29 is 14.0 Å². The van der Waals surface area contributed by atoms with E-state index in [9.17, 15) is 4.79 Å². The third-order valence-corrected chi connectivity index (χ3v) is 13.5. The second-order valence-electron chi connectivity index (χ2n) is 13.1. The second-order valence-corrected chi connectivity index (χ2v) is 17.9. The van der Waals surface area contributed by atoms with Crippen molar-refractivity contribution in [3.8, 4) is 28.1 Å². The van der Waals surface area contributed by atoms with E-state index in [4.69, 9.17) is 14.3 Å². The molecule has 0 bridgehead atoms. The molecule has 0 radical (unpaired) electrons. The van der Waals surface area contributed by atoms with Crippen molar-refractivity contribution in [2.24, 2.45) is 0 Å². The highest BCUT2D eigenvalue weighted by Crippen LogP contribution is 2.40. The Morgan fingerprint density at radius 3 is 2.35 bits per heavy atom. The van der Waals surface area contributed by atoms with Crippen molar-refractivity contribution in [3.63, 3.8) is 0 Å². The number of pyridine rings is 2. The molecule has 1 aromatic carbocycles. The van der Waals surface area contributed by atoms with Crippen LogP contribution in [0.25, 0.3) is 22.4 Å². The lowest BCUT2D eigenvalue weighted by Crippen LogP contribution is -2.46. The van der Waals surface area contributed by atoms with E-state index < -0.39 is 8.32 Å². The van der Waals surface area contributed by atoms with Crippen LogP contribution in [0.1, 0.15) is 61.3 Å². The molecule has 224 valence electrons. The van der Waals surface area contributed by atoms with Crippen molar-refractivity contribution in [2.75, 3.05) is 19.7 Å². The molecule has 9 heteroatoms. The SMILES string of the molecule is CC(C)(C)[Si](C)(C)OCCN1CCn2nc(-c3ccncc3)c(-c3ccc(OCc4ccc(C5CC5)nc4)cc3)c2C1=O. The summed E-state index contributed by atoms with van der Waals surface area (Å²) in [7, 11) is -1.90. The van der Waals surface area contributed by atoms with Crippen molar-refractivity contribution in [2.45, 2.75) is 70.8 Å². The highest BCUT2D eigenvalue weighted by atomic mass is 28.4. The third kappa shape index (κ3) is 6.28. The smallest absolute Gasteiger partial charge is 0.272 e. The largest absolute Gasteiger partial charge is 0.489 e. The molecule has 2 aliphatic rings. The van der Waals surface area contributed by atoms with E-state index in [0.717, 1.165) is 33.7 Å². The van der Waals surface area contributed by atoms with Gasteiger partial charge in [-0.15, -0.1) is 0 Å². The molecule has 0 atom stereocenters. The zero-order valence-electron chi connectivity index (χ0n) is 25.8. The van der Waals surface area contributed by atoms with Crippen LogP contribution in [0, 0.1) is 0 Å². The second kappa shape index (κ2) is 11.7. The van der Waals surface area contributed by atoms with E-state index in [1.165, 1.54) is 18.5 Å². The quantitative estimate of drug-likeness (QED) is 0.185. The van der Waals surface area contributed by atoms with Gasteiger partial charge in [0.1, 0.15) is 23.7 Å². The monoisotopic (exact) mass is 595 g/mol. The summed E-state index contributed by atoms with van der Waals surface area (Å²) in [5.74, 6) is 1.39. The van der Waals surface area contributed by atoms with E-state index in [0.29, 0.717) is 44.5 Å². The van der Waals surface area contributed by atoms with Crippen LogP contribution in [0.4, 0.5) is 0 Å². The maximum Gasteiger partial charge on any atom is 0.272 e. The van der Waals surface area contributed by atoms with Crippen LogP contribution >= 0.6 is 0 Å². The van der Waals surface area contributed by atoms with Crippen molar-refractivity contribution >= 4 is 14.2 Å². The highest BCUT2D eigenvalue weighted by molar-refractivity contribution is 6.74. The van der Waals surface area contributed by atoms with E-state index in [2.05, 4.69) is 56.0 Å². The van der Waals surface area contributed by atoms with Crippen LogP contribution in [-0.2, 0) is 17.6 Å². The number of aromatic nitrogens is 4. The van der Waals surface area contributed by atoms with E-state index in [1.807, 2.05) is 52.2 Å². The first-order valence-corrected chi connectivity index (χ1v) is 18.1. The third-order valence-electron chi connectivity index (χ3n) is 9.00. The normalized spacial score (nSPS) is 15.5. The molecule has 4 aromatic rings. The number of hydrogen-bond acceptors (Lipinski definition) is 6. The molecule has 0 N–H and O–H groups in total. The van der Waals surface area contributed by atoms with Crippen LogP contribution in [0.2, 0.25) is 18.1 Å². The zero-order valence-corrected chi connectivity index (χ0v) is 26.8. The summed E-state index contributed by atoms with van der Waals surface area (Å²) in [5.41, 5.74) is 6.29. The first kappa shape index (κ1) is 29.3. The number of carbonyl (C=O) groups excluding carboxylic acids is 1. The number of benzene rings is 1. The van der Waals surface area contributed by atoms with Crippen molar-refractivity contribution in [1.82, 2.24) is 24.6 Å². The Bertz CT molecular complexity index is 1570. The number of nitrogens with zero attached hydrogens (tertiary/aromatic N) is 5. The van der Waals surface area contributed by atoms with Crippen molar-refractivity contribution in [1.29, 1.82) is 0 Å². The average molecular weight is 596 g/mol. The van der Waals surface area contributed by atoms with Gasteiger partial charge in [0.05, 0.1) is 13.2 Å². The lowest BCUT2D eigenvalue weighted by Gasteiger charge is -2.37. The molecule has 0 spiro atoms. The Kier molecular flexibility index (Phi) is 7.96. The molecule has 43 heavy (non-hydrogen) atoms. The zero-order chi connectivity index (χ0) is 30.2. The molecule has 1 amide bonds. The number of carbonyl (C=O) groups is 1. The van der Waals surface area contributed by atoms with E-state index in [-0.39, 0.29) is 10.9 Å². The number of hydrogen-bond donors (Lipinski definition) is 0. The maximum atomic E-state index is 14.0. The van der Waals surface area contributed by atoms with Gasteiger partial charge in [-0.1, -0.05) is 39.0 Å². The Balaban J connectivity index is 1.23. The lowest BCUT2D eigenvalue weighted by atomic mass is 9.98. The van der Waals surface area contributed by atoms with Gasteiger partial charge in [-0.3, -0.25) is 19.4 Å². The summed E-state index contributed by atoms with van der Waals surface area (Å²) >= 11 is 0. The number of rotatable bonds is 10. The van der Waals surface area contributed by atoms with Gasteiger partial charge in [-0.05, 0) is 66.9 Å². The molecule has 1 fully saturated rings. The highest BCUT2D eigenvalue weighted by Gasteiger charge is 2.38. The molecule has 1 aliphatic carbocycles. The summed E-state index contributed by atoms with van der Waals surface area (Å²) in [6.07, 6.45) is 7.91. The molecular formula is C34H41N5O3Si. The molecule has 4 heterocycles. The minimum Gasteiger partial charge on any atom is -0.489 e. The first-order valence-electron chi connectivity index (χ1n) is 15.2. The van der Waals surface area contributed by atoms with Crippen LogP contribution in [0.15, 0.2) is 67.1 Å². The fraction of sp³-hybridized carbons (Fsp3) is 0.412. The van der Waals surface area contributed by atoms with E-state index >= 15 is 0 Å². The minimum atomic E-state index is -1.90. The maximum absolute atomic E-state index is 14.0. The van der Waals surface area contributed by atoms with Gasteiger partial charge in [-0.25, -0.2) is 0 Å². The van der Waals surface area contributed by atoms with Gasteiger partial charge in [0.15, 0.2) is 8.32 Å². The molecule has 0 unspecified atom stereocenters. The van der Waals surface area contributed by atoms with Crippen molar-refractivity contribution in [3.05, 3.63) is 84.1 Å². The number of ether oxygens (including phenoxy) is 1. The van der Waals surface area contributed by atoms with Gasteiger partial charge in [0.2, 0.25) is 0 Å². The molecule has 8 nitrogen and oxygen atoms in total. The minimum absolute atomic E-state index is 0.0182. The summed E-state index contributed by atoms with van der Waals surface area (Å²) in [6, 6.07) is 16.0. The predicted octanol–water partition coefficient (Wildman–Crippen LogP) is 6.94. The summed E-state index contributed by atoms with van der Waals surface area (Å²) < 4.78 is 14.4. The summed E-state index contributed by atoms with van der Waals surface area (Å²) in [4.78, 5) is 24.7. The molecular weight excluding hydrogens is 554 g/mol. The Hall–Kier alpha value is -3.82. The molecule has 1 aliphatic heterocycles. The van der Waals surface area contributed by atoms with Gasteiger partial charge in [0.25, 0.3) is 5.91 Å². The Morgan fingerprint density at radius 1 is 0.953 bits per heavy atom. The van der Waals surface area contributed by atoms with Crippen LogP contribution in [0.3, 0.4) is 0 Å². The number of fused-ring (bicyclic) bond motifs is 1. The summed E-state index contributed by atoms with van der Waals surface area (Å²) in [5, 5.41) is 5.06. The summed E-state index contributed by atoms with van der Waals surface area (Å²) in [6.45, 7) is 14.0.